The lowest BCUT2D eigenvalue weighted by Crippen LogP contribution is -2.11. The van der Waals surface area contributed by atoms with Crippen LogP contribution < -0.4 is 0 Å². The van der Waals surface area contributed by atoms with Crippen molar-refractivity contribution in [3.8, 4) is 0 Å². The molecule has 1 aliphatic carbocycles. The molecule has 0 radical (unpaired) electrons. The summed E-state index contributed by atoms with van der Waals surface area (Å²) >= 11 is 11.6. The first-order chi connectivity index (χ1) is 6.09. The van der Waals surface area contributed by atoms with Gasteiger partial charge in [-0.15, -0.1) is 0 Å². The highest BCUT2D eigenvalue weighted by atomic mass is 35.5. The summed E-state index contributed by atoms with van der Waals surface area (Å²) in [6.45, 7) is 0. The van der Waals surface area contributed by atoms with E-state index in [4.69, 9.17) is 23.2 Å². The maximum absolute atomic E-state index is 9.66. The number of hydrogen-bond acceptors (Lipinski definition) is 2. The van der Waals surface area contributed by atoms with E-state index in [1.54, 1.807) is 12.3 Å². The molecule has 1 aromatic heterocycles. The van der Waals surface area contributed by atoms with Gasteiger partial charge in [-0.2, -0.15) is 0 Å². The van der Waals surface area contributed by atoms with Crippen molar-refractivity contribution in [2.24, 2.45) is 0 Å². The van der Waals surface area contributed by atoms with Crippen LogP contribution in [0.5, 0.6) is 0 Å². The summed E-state index contributed by atoms with van der Waals surface area (Å²) < 4.78 is 0. The zero-order chi connectivity index (χ0) is 9.47. The highest BCUT2D eigenvalue weighted by Crippen LogP contribution is 2.39. The van der Waals surface area contributed by atoms with Crippen LogP contribution in [-0.2, 0) is 6.42 Å². The molecule has 0 saturated heterocycles. The molecule has 1 aliphatic rings. The monoisotopic (exact) mass is 217 g/mol. The molecule has 0 bridgehead atoms. The quantitative estimate of drug-likeness (QED) is 0.773. The molecule has 1 N–H and O–H groups in total. The Morgan fingerprint density at radius 2 is 2.15 bits per heavy atom. The number of aliphatic hydroxyl groups is 1. The molecule has 0 amide bonds. The standard InChI is InChI=1S/C9H9Cl2NO/c10-7-3-8(11)12-5-6(7)4-9(13)1-2-9/h3,5,13H,1-2,4H2. The Morgan fingerprint density at radius 1 is 1.46 bits per heavy atom. The van der Waals surface area contributed by atoms with Crippen molar-refractivity contribution in [2.45, 2.75) is 24.9 Å². The molecule has 0 unspecified atom stereocenters. The smallest absolute Gasteiger partial charge is 0.130 e. The van der Waals surface area contributed by atoms with E-state index in [0.717, 1.165) is 18.4 Å². The van der Waals surface area contributed by atoms with E-state index < -0.39 is 5.60 Å². The Kier molecular flexibility index (Phi) is 2.22. The van der Waals surface area contributed by atoms with Gasteiger partial charge in [0.25, 0.3) is 0 Å². The first-order valence-corrected chi connectivity index (χ1v) is 4.87. The maximum Gasteiger partial charge on any atom is 0.130 e. The first-order valence-electron chi connectivity index (χ1n) is 4.11. The van der Waals surface area contributed by atoms with Crippen LogP contribution in [0.15, 0.2) is 12.3 Å². The van der Waals surface area contributed by atoms with Gasteiger partial charge in [0.05, 0.1) is 5.60 Å². The molecule has 2 rings (SSSR count). The van der Waals surface area contributed by atoms with Crippen LogP contribution in [0.2, 0.25) is 10.2 Å². The van der Waals surface area contributed by atoms with E-state index in [-0.39, 0.29) is 0 Å². The molecule has 1 fully saturated rings. The third-order valence-corrected chi connectivity index (χ3v) is 2.80. The average Bonchev–Trinajstić information content (AvgIpc) is 2.75. The Labute approximate surface area is 86.5 Å². The van der Waals surface area contributed by atoms with Gasteiger partial charge in [-0.1, -0.05) is 23.2 Å². The fourth-order valence-electron chi connectivity index (χ4n) is 1.24. The van der Waals surface area contributed by atoms with Gasteiger partial charge in [0, 0.05) is 17.6 Å². The van der Waals surface area contributed by atoms with E-state index in [2.05, 4.69) is 4.98 Å². The topological polar surface area (TPSA) is 33.1 Å². The summed E-state index contributed by atoms with van der Waals surface area (Å²) in [6, 6.07) is 1.60. The van der Waals surface area contributed by atoms with E-state index in [9.17, 15) is 5.11 Å². The first kappa shape index (κ1) is 9.25. The minimum absolute atomic E-state index is 0.386. The summed E-state index contributed by atoms with van der Waals surface area (Å²) in [5.74, 6) is 0. The van der Waals surface area contributed by atoms with Gasteiger partial charge < -0.3 is 5.11 Å². The lowest BCUT2D eigenvalue weighted by molar-refractivity contribution is 0.151. The van der Waals surface area contributed by atoms with Crippen LogP contribution in [0.25, 0.3) is 0 Å². The normalized spacial score (nSPS) is 18.7. The van der Waals surface area contributed by atoms with Crippen molar-refractivity contribution in [3.63, 3.8) is 0 Å². The van der Waals surface area contributed by atoms with Crippen molar-refractivity contribution in [1.82, 2.24) is 4.98 Å². The molecule has 4 heteroatoms. The summed E-state index contributed by atoms with van der Waals surface area (Å²) in [6.07, 6.45) is 3.91. The Bertz CT molecular complexity index is 336. The number of rotatable bonds is 2. The molecule has 1 saturated carbocycles. The predicted octanol–water partition coefficient (Wildman–Crippen LogP) is 2.46. The molecule has 0 atom stereocenters. The summed E-state index contributed by atoms with van der Waals surface area (Å²) in [5.41, 5.74) is 0.338. The van der Waals surface area contributed by atoms with Gasteiger partial charge in [-0.25, -0.2) is 4.98 Å². The molecular weight excluding hydrogens is 209 g/mol. The van der Waals surface area contributed by atoms with E-state index in [1.807, 2.05) is 0 Å². The van der Waals surface area contributed by atoms with Gasteiger partial charge in [-0.3, -0.25) is 0 Å². The lowest BCUT2D eigenvalue weighted by atomic mass is 10.1. The van der Waals surface area contributed by atoms with Crippen LogP contribution in [0.3, 0.4) is 0 Å². The van der Waals surface area contributed by atoms with Crippen molar-refractivity contribution < 1.29 is 5.11 Å². The summed E-state index contributed by atoms with van der Waals surface area (Å²) in [7, 11) is 0. The van der Waals surface area contributed by atoms with Crippen molar-refractivity contribution in [3.05, 3.63) is 28.0 Å². The van der Waals surface area contributed by atoms with Gasteiger partial charge in [0.2, 0.25) is 0 Å². The Morgan fingerprint density at radius 3 is 2.69 bits per heavy atom. The SMILES string of the molecule is OC1(Cc2cnc(Cl)cc2Cl)CC1. The highest BCUT2D eigenvalue weighted by Gasteiger charge is 2.40. The number of halogens is 2. The number of nitrogens with zero attached hydrogens (tertiary/aromatic N) is 1. The van der Waals surface area contributed by atoms with Gasteiger partial charge in [-0.05, 0) is 24.5 Å². The van der Waals surface area contributed by atoms with Gasteiger partial charge >= 0.3 is 0 Å². The van der Waals surface area contributed by atoms with Crippen LogP contribution in [0, 0.1) is 0 Å². The molecular formula is C9H9Cl2NO. The fraction of sp³-hybridized carbons (Fsp3) is 0.444. The van der Waals surface area contributed by atoms with Gasteiger partial charge in [0.15, 0.2) is 0 Å². The summed E-state index contributed by atoms with van der Waals surface area (Å²) in [5, 5.41) is 10.6. The van der Waals surface area contributed by atoms with E-state index >= 15 is 0 Å². The van der Waals surface area contributed by atoms with E-state index in [1.165, 1.54) is 0 Å². The van der Waals surface area contributed by atoms with Crippen molar-refractivity contribution >= 4 is 23.2 Å². The number of aromatic nitrogens is 1. The second-order valence-electron chi connectivity index (χ2n) is 3.50. The van der Waals surface area contributed by atoms with Crippen LogP contribution in [-0.4, -0.2) is 15.7 Å². The van der Waals surface area contributed by atoms with Crippen LogP contribution in [0.4, 0.5) is 0 Å². The molecule has 13 heavy (non-hydrogen) atoms. The average molecular weight is 218 g/mol. The third kappa shape index (κ3) is 2.13. The maximum atomic E-state index is 9.66. The lowest BCUT2D eigenvalue weighted by Gasteiger charge is -2.08. The fourth-order valence-corrected chi connectivity index (χ4v) is 1.67. The molecule has 70 valence electrons. The minimum atomic E-state index is -0.529. The third-order valence-electron chi connectivity index (χ3n) is 2.24. The highest BCUT2D eigenvalue weighted by molar-refractivity contribution is 6.34. The Balaban J connectivity index is 2.20. The minimum Gasteiger partial charge on any atom is -0.390 e. The van der Waals surface area contributed by atoms with Gasteiger partial charge in [0.1, 0.15) is 5.15 Å². The number of hydrogen-bond donors (Lipinski definition) is 1. The molecule has 2 nitrogen and oxygen atoms in total. The summed E-state index contributed by atoms with van der Waals surface area (Å²) in [4.78, 5) is 3.92. The molecule has 0 spiro atoms. The zero-order valence-electron chi connectivity index (χ0n) is 6.93. The Hall–Kier alpha value is -0.310. The molecule has 0 aliphatic heterocycles. The molecule has 1 aromatic rings. The van der Waals surface area contributed by atoms with Crippen molar-refractivity contribution in [1.29, 1.82) is 0 Å². The van der Waals surface area contributed by atoms with Crippen molar-refractivity contribution in [2.75, 3.05) is 0 Å². The van der Waals surface area contributed by atoms with E-state index in [0.29, 0.717) is 16.6 Å². The molecule has 1 heterocycles. The largest absolute Gasteiger partial charge is 0.390 e. The second kappa shape index (κ2) is 3.12. The number of pyridine rings is 1. The predicted molar refractivity (Wildman–Crippen MR) is 52.1 cm³/mol. The van der Waals surface area contributed by atoms with Crippen LogP contribution in [0.1, 0.15) is 18.4 Å². The van der Waals surface area contributed by atoms with Crippen LogP contribution >= 0.6 is 23.2 Å². The zero-order valence-corrected chi connectivity index (χ0v) is 8.44. The second-order valence-corrected chi connectivity index (χ2v) is 4.29. The molecule has 0 aromatic carbocycles.